The monoisotopic (exact) mass is 322 g/mol. The summed E-state index contributed by atoms with van der Waals surface area (Å²) in [5, 5.41) is 4.11. The molecule has 0 radical (unpaired) electrons. The number of benzene rings is 1. The number of anilines is 1. The zero-order valence-corrected chi connectivity index (χ0v) is 13.6. The number of fused-ring (bicyclic) bond motifs is 1. The van der Waals surface area contributed by atoms with Crippen LogP contribution in [0.1, 0.15) is 20.3 Å². The summed E-state index contributed by atoms with van der Waals surface area (Å²) in [7, 11) is 0. The second kappa shape index (κ2) is 6.62. The highest BCUT2D eigenvalue weighted by Gasteiger charge is 2.06. The number of aryl methyl sites for hydroxylation is 1. The lowest BCUT2D eigenvalue weighted by Gasteiger charge is -2.08. The molecule has 6 nitrogen and oxygen atoms in total. The number of carbonyl (C=O) groups is 1. The van der Waals surface area contributed by atoms with Crippen molar-refractivity contribution in [2.45, 2.75) is 26.8 Å². The van der Waals surface area contributed by atoms with Gasteiger partial charge in [-0.2, -0.15) is 0 Å². The minimum atomic E-state index is -0.218. The van der Waals surface area contributed by atoms with Crippen LogP contribution in [0.5, 0.6) is 0 Å². The molecular weight excluding hydrogens is 304 g/mol. The molecule has 0 atom stereocenters. The number of pyridine rings is 1. The number of amides is 1. The summed E-state index contributed by atoms with van der Waals surface area (Å²) >= 11 is 0. The van der Waals surface area contributed by atoms with Crippen LogP contribution in [0.25, 0.3) is 21.9 Å². The first-order valence-electron chi connectivity index (χ1n) is 7.81. The van der Waals surface area contributed by atoms with Crippen LogP contribution < -0.4 is 10.9 Å². The summed E-state index contributed by atoms with van der Waals surface area (Å²) in [6.45, 7) is 4.15. The molecule has 0 unspecified atom stereocenters. The Hall–Kier alpha value is -3.02. The molecule has 0 fully saturated rings. The van der Waals surface area contributed by atoms with Crippen LogP contribution in [-0.4, -0.2) is 20.4 Å². The maximum absolute atomic E-state index is 12.6. The third kappa shape index (κ3) is 3.17. The van der Waals surface area contributed by atoms with Crippen LogP contribution in [-0.2, 0) is 11.3 Å². The SMILES string of the molecule is CCCn1ccc2ccc(-c3cnc(NC(C)=O)nc3)cc2c1=O. The Morgan fingerprint density at radius 2 is 1.92 bits per heavy atom. The quantitative estimate of drug-likeness (QED) is 0.801. The van der Waals surface area contributed by atoms with E-state index < -0.39 is 0 Å². The largest absolute Gasteiger partial charge is 0.315 e. The smallest absolute Gasteiger partial charge is 0.258 e. The van der Waals surface area contributed by atoms with E-state index in [1.165, 1.54) is 6.92 Å². The van der Waals surface area contributed by atoms with Gasteiger partial charge in [-0.3, -0.25) is 14.9 Å². The van der Waals surface area contributed by atoms with Crippen molar-refractivity contribution in [3.63, 3.8) is 0 Å². The molecule has 6 heteroatoms. The zero-order chi connectivity index (χ0) is 17.1. The van der Waals surface area contributed by atoms with Crippen molar-refractivity contribution in [1.29, 1.82) is 0 Å². The second-order valence-electron chi connectivity index (χ2n) is 5.59. The highest BCUT2D eigenvalue weighted by atomic mass is 16.1. The fourth-order valence-corrected chi connectivity index (χ4v) is 2.58. The number of carbonyl (C=O) groups excluding carboxylic acids is 1. The van der Waals surface area contributed by atoms with Crippen LogP contribution in [0.2, 0.25) is 0 Å². The fourth-order valence-electron chi connectivity index (χ4n) is 2.58. The van der Waals surface area contributed by atoms with Crippen molar-refractivity contribution in [2.75, 3.05) is 5.32 Å². The average Bonchev–Trinajstić information content (AvgIpc) is 2.58. The zero-order valence-electron chi connectivity index (χ0n) is 13.6. The van der Waals surface area contributed by atoms with Crippen molar-refractivity contribution >= 4 is 22.6 Å². The molecule has 2 aromatic heterocycles. The summed E-state index contributed by atoms with van der Waals surface area (Å²) in [5.41, 5.74) is 1.66. The molecular formula is C18H18N4O2. The Morgan fingerprint density at radius 1 is 1.17 bits per heavy atom. The molecule has 1 N–H and O–H groups in total. The van der Waals surface area contributed by atoms with Crippen LogP contribution in [0.4, 0.5) is 5.95 Å². The lowest BCUT2D eigenvalue weighted by molar-refractivity contribution is -0.114. The van der Waals surface area contributed by atoms with E-state index in [4.69, 9.17) is 0 Å². The number of nitrogens with one attached hydrogen (secondary N) is 1. The average molecular weight is 322 g/mol. The van der Waals surface area contributed by atoms with Crippen molar-refractivity contribution in [3.8, 4) is 11.1 Å². The third-order valence-electron chi connectivity index (χ3n) is 3.72. The van der Waals surface area contributed by atoms with Gasteiger partial charge in [0.25, 0.3) is 5.56 Å². The van der Waals surface area contributed by atoms with Crippen LogP contribution in [0, 0.1) is 0 Å². The van der Waals surface area contributed by atoms with E-state index in [2.05, 4.69) is 15.3 Å². The van der Waals surface area contributed by atoms with Gasteiger partial charge in [0.05, 0.1) is 0 Å². The van der Waals surface area contributed by atoms with Crippen molar-refractivity contribution in [3.05, 3.63) is 53.2 Å². The molecule has 0 aliphatic carbocycles. The van der Waals surface area contributed by atoms with E-state index >= 15 is 0 Å². The summed E-state index contributed by atoms with van der Waals surface area (Å²) < 4.78 is 1.72. The molecule has 0 saturated heterocycles. The predicted octanol–water partition coefficient (Wildman–Crippen LogP) is 2.83. The van der Waals surface area contributed by atoms with E-state index in [1.807, 2.05) is 37.4 Å². The van der Waals surface area contributed by atoms with E-state index in [1.54, 1.807) is 17.0 Å². The van der Waals surface area contributed by atoms with E-state index in [-0.39, 0.29) is 17.4 Å². The molecule has 122 valence electrons. The van der Waals surface area contributed by atoms with Crippen LogP contribution in [0.15, 0.2) is 47.7 Å². The molecule has 0 saturated carbocycles. The van der Waals surface area contributed by atoms with Crippen LogP contribution in [0.3, 0.4) is 0 Å². The maximum atomic E-state index is 12.6. The fraction of sp³-hybridized carbons (Fsp3) is 0.222. The van der Waals surface area contributed by atoms with Crippen molar-refractivity contribution < 1.29 is 4.79 Å². The Morgan fingerprint density at radius 3 is 2.58 bits per heavy atom. The molecule has 3 aromatic rings. The van der Waals surface area contributed by atoms with E-state index in [0.29, 0.717) is 11.9 Å². The van der Waals surface area contributed by atoms with Gasteiger partial charge in [-0.25, -0.2) is 9.97 Å². The standard InChI is InChI=1S/C18H18N4O2/c1-3-7-22-8-6-13-4-5-14(9-16(13)17(22)24)15-10-19-18(20-11-15)21-12(2)23/h4-6,8-11H,3,7H2,1-2H3,(H,19,20,21,23). The number of nitrogens with zero attached hydrogens (tertiary/aromatic N) is 3. The molecule has 1 amide bonds. The van der Waals surface area contributed by atoms with Gasteiger partial charge in [-0.15, -0.1) is 0 Å². The van der Waals surface area contributed by atoms with E-state index in [9.17, 15) is 9.59 Å². The Bertz CT molecular complexity index is 945. The number of rotatable bonds is 4. The second-order valence-corrected chi connectivity index (χ2v) is 5.59. The predicted molar refractivity (Wildman–Crippen MR) is 93.8 cm³/mol. The van der Waals surface area contributed by atoms with Gasteiger partial charge in [0.15, 0.2) is 0 Å². The Balaban J connectivity index is 2.02. The van der Waals surface area contributed by atoms with Gasteiger partial charge < -0.3 is 4.57 Å². The highest BCUT2D eigenvalue weighted by Crippen LogP contribution is 2.22. The Kier molecular flexibility index (Phi) is 4.37. The minimum absolute atomic E-state index is 0.00647. The van der Waals surface area contributed by atoms with Gasteiger partial charge in [-0.05, 0) is 29.5 Å². The normalized spacial score (nSPS) is 10.8. The first-order valence-corrected chi connectivity index (χ1v) is 7.81. The molecule has 1 aromatic carbocycles. The minimum Gasteiger partial charge on any atom is -0.315 e. The third-order valence-corrected chi connectivity index (χ3v) is 3.72. The van der Waals surface area contributed by atoms with Crippen LogP contribution >= 0.6 is 0 Å². The molecule has 0 bridgehead atoms. The van der Waals surface area contributed by atoms with Crippen molar-refractivity contribution in [2.24, 2.45) is 0 Å². The molecule has 24 heavy (non-hydrogen) atoms. The summed E-state index contributed by atoms with van der Waals surface area (Å²) in [5.74, 6) is 0.0438. The number of hydrogen-bond donors (Lipinski definition) is 1. The van der Waals surface area contributed by atoms with Gasteiger partial charge in [-0.1, -0.05) is 19.1 Å². The first kappa shape index (κ1) is 15.9. The molecule has 0 aliphatic heterocycles. The molecule has 2 heterocycles. The van der Waals surface area contributed by atoms with Gasteiger partial charge in [0, 0.05) is 43.0 Å². The first-order chi connectivity index (χ1) is 11.6. The highest BCUT2D eigenvalue weighted by molar-refractivity contribution is 5.87. The maximum Gasteiger partial charge on any atom is 0.258 e. The molecule has 3 rings (SSSR count). The summed E-state index contributed by atoms with van der Waals surface area (Å²) in [6.07, 6.45) is 6.00. The lowest BCUT2D eigenvalue weighted by atomic mass is 10.0. The summed E-state index contributed by atoms with van der Waals surface area (Å²) in [4.78, 5) is 31.8. The van der Waals surface area contributed by atoms with Gasteiger partial charge in [0.1, 0.15) is 0 Å². The topological polar surface area (TPSA) is 76.9 Å². The molecule has 0 aliphatic rings. The Labute approximate surface area is 139 Å². The molecule has 0 spiro atoms. The number of hydrogen-bond acceptors (Lipinski definition) is 4. The summed E-state index contributed by atoms with van der Waals surface area (Å²) in [6, 6.07) is 7.67. The van der Waals surface area contributed by atoms with Gasteiger partial charge >= 0.3 is 0 Å². The van der Waals surface area contributed by atoms with E-state index in [0.717, 1.165) is 22.9 Å². The van der Waals surface area contributed by atoms with Crippen molar-refractivity contribution in [1.82, 2.24) is 14.5 Å². The number of aromatic nitrogens is 3. The van der Waals surface area contributed by atoms with Gasteiger partial charge in [0.2, 0.25) is 11.9 Å². The lowest BCUT2D eigenvalue weighted by Crippen LogP contribution is -2.19.